The lowest BCUT2D eigenvalue weighted by Gasteiger charge is -2.34. The maximum atomic E-state index is 12.2. The first-order valence-corrected chi connectivity index (χ1v) is 10.3. The van der Waals surface area contributed by atoms with E-state index in [-0.39, 0.29) is 24.1 Å². The van der Waals surface area contributed by atoms with Crippen molar-refractivity contribution in [3.8, 4) is 0 Å². The zero-order valence-corrected chi connectivity index (χ0v) is 16.2. The van der Waals surface area contributed by atoms with Crippen molar-refractivity contribution in [2.24, 2.45) is 16.6 Å². The van der Waals surface area contributed by atoms with Gasteiger partial charge in [-0.05, 0) is 46.5 Å². The Labute approximate surface area is 146 Å². The Kier molecular flexibility index (Phi) is 7.51. The lowest BCUT2D eigenvalue weighted by molar-refractivity contribution is -0.119. The highest BCUT2D eigenvalue weighted by atomic mass is 32.2. The standard InChI is InChI=1S/C16H32N4O3S/c1-5-18-15(19-8-10-24(22,23)16(2,3)4)20-9-6-7-13(12-20)11-14(17)21/h13H,5-12H2,1-4H3,(H2,17,21)(H,18,19). The highest BCUT2D eigenvalue weighted by Crippen LogP contribution is 2.19. The van der Waals surface area contributed by atoms with E-state index >= 15 is 0 Å². The third kappa shape index (κ3) is 6.30. The van der Waals surface area contributed by atoms with E-state index in [1.165, 1.54) is 0 Å². The van der Waals surface area contributed by atoms with Gasteiger partial charge < -0.3 is 16.0 Å². The zero-order valence-electron chi connectivity index (χ0n) is 15.3. The molecule has 0 spiro atoms. The Balaban J connectivity index is 2.73. The normalized spacial score (nSPS) is 20.1. The fourth-order valence-corrected chi connectivity index (χ4v) is 3.66. The van der Waals surface area contributed by atoms with E-state index in [1.807, 2.05) is 6.92 Å². The van der Waals surface area contributed by atoms with Crippen LogP contribution in [0.1, 0.15) is 47.0 Å². The Hall–Kier alpha value is -1.31. The summed E-state index contributed by atoms with van der Waals surface area (Å²) in [6.07, 6.45) is 2.34. The molecule has 0 aromatic rings. The Morgan fingerprint density at radius 2 is 2.04 bits per heavy atom. The smallest absolute Gasteiger partial charge is 0.217 e. The van der Waals surface area contributed by atoms with Gasteiger partial charge in [0.1, 0.15) is 0 Å². The predicted molar refractivity (Wildman–Crippen MR) is 97.6 cm³/mol. The van der Waals surface area contributed by atoms with Gasteiger partial charge in [0.25, 0.3) is 0 Å². The Morgan fingerprint density at radius 3 is 2.58 bits per heavy atom. The van der Waals surface area contributed by atoms with Crippen molar-refractivity contribution in [2.45, 2.75) is 51.7 Å². The quantitative estimate of drug-likeness (QED) is 0.537. The van der Waals surface area contributed by atoms with Gasteiger partial charge in [0.2, 0.25) is 5.91 Å². The molecule has 0 bridgehead atoms. The first kappa shape index (κ1) is 20.7. The largest absolute Gasteiger partial charge is 0.370 e. The first-order valence-electron chi connectivity index (χ1n) is 8.60. The van der Waals surface area contributed by atoms with E-state index in [0.29, 0.717) is 13.0 Å². The Morgan fingerprint density at radius 1 is 1.38 bits per heavy atom. The third-order valence-corrected chi connectivity index (χ3v) is 6.78. The lowest BCUT2D eigenvalue weighted by Crippen LogP contribution is -2.47. The number of amides is 1. The van der Waals surface area contributed by atoms with Gasteiger partial charge in [0.15, 0.2) is 15.8 Å². The molecule has 0 aromatic heterocycles. The van der Waals surface area contributed by atoms with Crippen molar-refractivity contribution >= 4 is 21.7 Å². The first-order chi connectivity index (χ1) is 11.1. The number of nitrogens with one attached hydrogen (secondary N) is 1. The summed E-state index contributed by atoms with van der Waals surface area (Å²) >= 11 is 0. The van der Waals surface area contributed by atoms with E-state index in [4.69, 9.17) is 5.73 Å². The minimum absolute atomic E-state index is 0.0317. The molecule has 1 unspecified atom stereocenters. The van der Waals surface area contributed by atoms with Crippen LogP contribution in [0.15, 0.2) is 4.99 Å². The predicted octanol–water partition coefficient (Wildman–Crippen LogP) is 0.753. The van der Waals surface area contributed by atoms with Crippen LogP contribution in [-0.2, 0) is 14.6 Å². The number of aliphatic imine (C=N–C) groups is 1. The van der Waals surface area contributed by atoms with Crippen molar-refractivity contribution < 1.29 is 13.2 Å². The van der Waals surface area contributed by atoms with Gasteiger partial charge in [-0.3, -0.25) is 9.79 Å². The summed E-state index contributed by atoms with van der Waals surface area (Å²) in [4.78, 5) is 17.7. The third-order valence-electron chi connectivity index (χ3n) is 4.20. The maximum Gasteiger partial charge on any atom is 0.217 e. The van der Waals surface area contributed by atoms with E-state index in [9.17, 15) is 13.2 Å². The molecule has 1 atom stereocenters. The van der Waals surface area contributed by atoms with Crippen molar-refractivity contribution in [3.63, 3.8) is 0 Å². The van der Waals surface area contributed by atoms with Gasteiger partial charge >= 0.3 is 0 Å². The van der Waals surface area contributed by atoms with Gasteiger partial charge in [0.05, 0.1) is 17.0 Å². The van der Waals surface area contributed by atoms with E-state index in [2.05, 4.69) is 15.2 Å². The molecule has 1 heterocycles. The minimum Gasteiger partial charge on any atom is -0.370 e. The average molecular weight is 361 g/mol. The van der Waals surface area contributed by atoms with Crippen LogP contribution < -0.4 is 11.1 Å². The summed E-state index contributed by atoms with van der Waals surface area (Å²) in [5.41, 5.74) is 5.30. The number of primary amides is 1. The van der Waals surface area contributed by atoms with Crippen LogP contribution in [0.2, 0.25) is 0 Å². The number of hydrogen-bond donors (Lipinski definition) is 2. The average Bonchev–Trinajstić information content (AvgIpc) is 2.44. The van der Waals surface area contributed by atoms with E-state index in [0.717, 1.165) is 31.9 Å². The van der Waals surface area contributed by atoms with Crippen LogP contribution >= 0.6 is 0 Å². The SMILES string of the molecule is CCNC(=NCCS(=O)(=O)C(C)(C)C)N1CCCC(CC(N)=O)C1. The van der Waals surface area contributed by atoms with Gasteiger partial charge in [-0.15, -0.1) is 0 Å². The number of nitrogens with two attached hydrogens (primary N) is 1. The number of likely N-dealkylation sites (tertiary alicyclic amines) is 1. The van der Waals surface area contributed by atoms with Crippen LogP contribution in [0.3, 0.4) is 0 Å². The molecule has 1 amide bonds. The molecule has 1 aliphatic heterocycles. The number of guanidine groups is 1. The number of piperidine rings is 1. The van der Waals surface area contributed by atoms with Crippen molar-refractivity contribution in [1.29, 1.82) is 0 Å². The molecule has 1 saturated heterocycles. The monoisotopic (exact) mass is 360 g/mol. The molecule has 0 saturated carbocycles. The van der Waals surface area contributed by atoms with E-state index < -0.39 is 14.6 Å². The number of nitrogens with zero attached hydrogens (tertiary/aromatic N) is 2. The van der Waals surface area contributed by atoms with Crippen LogP contribution in [-0.4, -0.2) is 61.9 Å². The molecular formula is C16H32N4O3S. The molecule has 3 N–H and O–H groups in total. The fraction of sp³-hybridized carbons (Fsp3) is 0.875. The molecule has 1 fully saturated rings. The van der Waals surface area contributed by atoms with Crippen LogP contribution in [0.5, 0.6) is 0 Å². The summed E-state index contributed by atoms with van der Waals surface area (Å²) in [6, 6.07) is 0. The molecule has 24 heavy (non-hydrogen) atoms. The summed E-state index contributed by atoms with van der Waals surface area (Å²) < 4.78 is 23.6. The van der Waals surface area contributed by atoms with Crippen LogP contribution in [0, 0.1) is 5.92 Å². The fourth-order valence-electron chi connectivity index (χ4n) is 2.71. The second kappa shape index (κ2) is 8.69. The van der Waals surface area contributed by atoms with Gasteiger partial charge in [-0.25, -0.2) is 8.42 Å². The number of hydrogen-bond acceptors (Lipinski definition) is 4. The Bertz CT molecular complexity index is 552. The summed E-state index contributed by atoms with van der Waals surface area (Å²) in [7, 11) is -3.18. The number of sulfone groups is 1. The summed E-state index contributed by atoms with van der Waals surface area (Å²) in [5.74, 6) is 0.707. The molecular weight excluding hydrogens is 328 g/mol. The lowest BCUT2D eigenvalue weighted by atomic mass is 9.95. The van der Waals surface area contributed by atoms with Crippen molar-refractivity contribution in [1.82, 2.24) is 10.2 Å². The molecule has 8 heteroatoms. The van der Waals surface area contributed by atoms with Crippen molar-refractivity contribution in [2.75, 3.05) is 31.9 Å². The second-order valence-electron chi connectivity index (χ2n) is 7.29. The summed E-state index contributed by atoms with van der Waals surface area (Å²) in [6.45, 7) is 9.61. The second-order valence-corrected chi connectivity index (χ2v) is 10.2. The van der Waals surface area contributed by atoms with Crippen molar-refractivity contribution in [3.05, 3.63) is 0 Å². The zero-order chi connectivity index (χ0) is 18.4. The molecule has 1 rings (SSSR count). The molecule has 0 aliphatic carbocycles. The minimum atomic E-state index is -3.18. The van der Waals surface area contributed by atoms with Crippen LogP contribution in [0.25, 0.3) is 0 Å². The molecule has 140 valence electrons. The molecule has 7 nitrogen and oxygen atoms in total. The van der Waals surface area contributed by atoms with E-state index in [1.54, 1.807) is 20.8 Å². The number of carbonyl (C=O) groups excluding carboxylic acids is 1. The molecule has 0 radical (unpaired) electrons. The number of carbonyl (C=O) groups is 1. The molecule has 0 aromatic carbocycles. The topological polar surface area (TPSA) is 105 Å². The van der Waals surface area contributed by atoms with Gasteiger partial charge in [-0.2, -0.15) is 0 Å². The molecule has 1 aliphatic rings. The maximum absolute atomic E-state index is 12.2. The van der Waals surface area contributed by atoms with Crippen LogP contribution in [0.4, 0.5) is 0 Å². The summed E-state index contributed by atoms with van der Waals surface area (Å²) in [5, 5.41) is 3.22. The van der Waals surface area contributed by atoms with Gasteiger partial charge in [0, 0.05) is 26.1 Å². The number of rotatable bonds is 6. The highest BCUT2D eigenvalue weighted by molar-refractivity contribution is 7.92. The van der Waals surface area contributed by atoms with Gasteiger partial charge in [-0.1, -0.05) is 0 Å². The highest BCUT2D eigenvalue weighted by Gasteiger charge is 2.28.